The topological polar surface area (TPSA) is 45.0 Å². The van der Waals surface area contributed by atoms with Gasteiger partial charge < -0.3 is 10.1 Å². The van der Waals surface area contributed by atoms with E-state index < -0.39 is 0 Å². The van der Waals surface area contributed by atoms with Crippen LogP contribution in [0, 0.1) is 11.3 Å². The van der Waals surface area contributed by atoms with E-state index in [0.29, 0.717) is 6.04 Å². The van der Waals surface area contributed by atoms with Gasteiger partial charge in [-0.25, -0.2) is 0 Å². The number of benzene rings is 1. The van der Waals surface area contributed by atoms with Gasteiger partial charge in [-0.15, -0.1) is 0 Å². The highest BCUT2D eigenvalue weighted by Gasteiger charge is 2.01. The van der Waals surface area contributed by atoms with Gasteiger partial charge in [0.2, 0.25) is 0 Å². The molecule has 0 aromatic heterocycles. The molecule has 1 rings (SSSR count). The fourth-order valence-corrected chi connectivity index (χ4v) is 1.14. The maximum atomic E-state index is 8.32. The lowest BCUT2D eigenvalue weighted by Gasteiger charge is -2.10. The Morgan fingerprint density at radius 2 is 2.07 bits per heavy atom. The first-order valence-corrected chi connectivity index (χ1v) is 4.55. The first-order chi connectivity index (χ1) is 6.77. The minimum atomic E-state index is 0.0981. The Bertz CT molecular complexity index is 313. The molecule has 1 unspecified atom stereocenters. The Hall–Kier alpha value is -1.53. The van der Waals surface area contributed by atoms with Crippen LogP contribution in [-0.2, 0) is 0 Å². The van der Waals surface area contributed by atoms with Gasteiger partial charge in [0.25, 0.3) is 0 Å². The zero-order valence-electron chi connectivity index (χ0n) is 8.45. The predicted octanol–water partition coefficient (Wildman–Crippen LogP) is 1.87. The molecule has 14 heavy (non-hydrogen) atoms. The highest BCUT2D eigenvalue weighted by atomic mass is 16.5. The van der Waals surface area contributed by atoms with Gasteiger partial charge in [0, 0.05) is 6.04 Å². The van der Waals surface area contributed by atoms with Crippen molar-refractivity contribution in [1.82, 2.24) is 5.32 Å². The molecule has 0 saturated carbocycles. The van der Waals surface area contributed by atoms with Crippen LogP contribution in [0.5, 0.6) is 5.75 Å². The fraction of sp³-hybridized carbons (Fsp3) is 0.364. The standard InChI is InChI=1S/C11H14N2O/c1-9(13-2)10-3-5-11(6-4-10)14-8-7-12/h3-6,9,13H,8H2,1-2H3. The third kappa shape index (κ3) is 2.75. The molecule has 0 spiro atoms. The van der Waals surface area contributed by atoms with Gasteiger partial charge in [-0.1, -0.05) is 12.1 Å². The van der Waals surface area contributed by atoms with Crippen molar-refractivity contribution >= 4 is 0 Å². The highest BCUT2D eigenvalue weighted by molar-refractivity contribution is 5.29. The summed E-state index contributed by atoms with van der Waals surface area (Å²) in [5.41, 5.74) is 1.21. The van der Waals surface area contributed by atoms with E-state index in [0.717, 1.165) is 5.75 Å². The molecule has 0 aliphatic carbocycles. The summed E-state index contributed by atoms with van der Waals surface area (Å²) in [7, 11) is 1.92. The van der Waals surface area contributed by atoms with Gasteiger partial charge in [0.1, 0.15) is 11.8 Å². The van der Waals surface area contributed by atoms with Crippen LogP contribution >= 0.6 is 0 Å². The van der Waals surface area contributed by atoms with E-state index in [1.807, 2.05) is 37.4 Å². The Labute approximate surface area is 84.3 Å². The second-order valence-corrected chi connectivity index (χ2v) is 3.03. The van der Waals surface area contributed by atoms with E-state index >= 15 is 0 Å². The number of nitrogens with zero attached hydrogens (tertiary/aromatic N) is 1. The Morgan fingerprint density at radius 3 is 2.57 bits per heavy atom. The van der Waals surface area contributed by atoms with E-state index in [1.54, 1.807) is 0 Å². The summed E-state index contributed by atoms with van der Waals surface area (Å²) in [5.74, 6) is 0.735. The van der Waals surface area contributed by atoms with Crippen molar-refractivity contribution in [2.24, 2.45) is 0 Å². The zero-order valence-corrected chi connectivity index (χ0v) is 8.45. The lowest BCUT2D eigenvalue weighted by Crippen LogP contribution is -2.11. The lowest BCUT2D eigenvalue weighted by molar-refractivity contribution is 0.368. The van der Waals surface area contributed by atoms with Crippen LogP contribution in [0.3, 0.4) is 0 Å². The number of nitrogens with one attached hydrogen (secondary N) is 1. The van der Waals surface area contributed by atoms with Crippen LogP contribution in [0.25, 0.3) is 0 Å². The summed E-state index contributed by atoms with van der Waals surface area (Å²) >= 11 is 0. The first-order valence-electron chi connectivity index (χ1n) is 4.55. The molecule has 0 heterocycles. The number of hydrogen-bond acceptors (Lipinski definition) is 3. The molecule has 74 valence electrons. The van der Waals surface area contributed by atoms with Gasteiger partial charge >= 0.3 is 0 Å². The molecule has 0 saturated heterocycles. The van der Waals surface area contributed by atoms with E-state index in [1.165, 1.54) is 5.56 Å². The summed E-state index contributed by atoms with van der Waals surface area (Å²) in [5, 5.41) is 11.5. The van der Waals surface area contributed by atoms with Crippen molar-refractivity contribution < 1.29 is 4.74 Å². The Kier molecular flexibility index (Phi) is 3.96. The van der Waals surface area contributed by atoms with E-state index in [4.69, 9.17) is 10.00 Å². The number of rotatable bonds is 4. The van der Waals surface area contributed by atoms with Crippen LogP contribution in [0.2, 0.25) is 0 Å². The second-order valence-electron chi connectivity index (χ2n) is 3.03. The quantitative estimate of drug-likeness (QED) is 0.788. The summed E-state index contributed by atoms with van der Waals surface area (Å²) in [6, 6.07) is 10.0. The van der Waals surface area contributed by atoms with Crippen LogP contribution < -0.4 is 10.1 Å². The summed E-state index contributed by atoms with van der Waals surface area (Å²) in [6.45, 7) is 2.19. The monoisotopic (exact) mass is 190 g/mol. The Morgan fingerprint density at radius 1 is 1.43 bits per heavy atom. The lowest BCUT2D eigenvalue weighted by atomic mass is 10.1. The minimum Gasteiger partial charge on any atom is -0.479 e. The van der Waals surface area contributed by atoms with Crippen LogP contribution in [0.15, 0.2) is 24.3 Å². The maximum Gasteiger partial charge on any atom is 0.174 e. The molecular formula is C11H14N2O. The normalized spacial score (nSPS) is 11.8. The molecule has 1 atom stereocenters. The summed E-state index contributed by atoms with van der Waals surface area (Å²) in [6.07, 6.45) is 0. The molecule has 0 aliphatic rings. The van der Waals surface area contributed by atoms with Gasteiger partial charge in [-0.3, -0.25) is 0 Å². The molecule has 0 amide bonds. The molecule has 0 bridgehead atoms. The molecule has 3 nitrogen and oxygen atoms in total. The van der Waals surface area contributed by atoms with Crippen molar-refractivity contribution in [2.75, 3.05) is 13.7 Å². The largest absolute Gasteiger partial charge is 0.479 e. The third-order valence-corrected chi connectivity index (χ3v) is 2.12. The average molecular weight is 190 g/mol. The van der Waals surface area contributed by atoms with Gasteiger partial charge in [-0.05, 0) is 31.7 Å². The maximum absolute atomic E-state index is 8.32. The third-order valence-electron chi connectivity index (χ3n) is 2.12. The van der Waals surface area contributed by atoms with Gasteiger partial charge in [0.15, 0.2) is 6.61 Å². The predicted molar refractivity (Wildman–Crippen MR) is 55.0 cm³/mol. The number of nitriles is 1. The van der Waals surface area contributed by atoms with Crippen LogP contribution in [0.4, 0.5) is 0 Å². The molecule has 0 fully saturated rings. The minimum absolute atomic E-state index is 0.0981. The fourth-order valence-electron chi connectivity index (χ4n) is 1.14. The van der Waals surface area contributed by atoms with Gasteiger partial charge in [0.05, 0.1) is 0 Å². The molecule has 1 aromatic carbocycles. The van der Waals surface area contributed by atoms with Crippen molar-refractivity contribution in [3.63, 3.8) is 0 Å². The SMILES string of the molecule is CNC(C)c1ccc(OCC#N)cc1. The smallest absolute Gasteiger partial charge is 0.174 e. The van der Waals surface area contributed by atoms with Crippen molar-refractivity contribution in [2.45, 2.75) is 13.0 Å². The Balaban J connectivity index is 2.64. The molecule has 1 aromatic rings. The van der Waals surface area contributed by atoms with Crippen molar-refractivity contribution in [1.29, 1.82) is 5.26 Å². The average Bonchev–Trinajstić information content (AvgIpc) is 2.26. The van der Waals surface area contributed by atoms with Crippen LogP contribution in [-0.4, -0.2) is 13.7 Å². The first kappa shape index (κ1) is 10.6. The van der Waals surface area contributed by atoms with Crippen molar-refractivity contribution in [3.8, 4) is 11.8 Å². The van der Waals surface area contributed by atoms with Crippen molar-refractivity contribution in [3.05, 3.63) is 29.8 Å². The molecular weight excluding hydrogens is 176 g/mol. The van der Waals surface area contributed by atoms with E-state index in [-0.39, 0.29) is 6.61 Å². The van der Waals surface area contributed by atoms with Crippen LogP contribution in [0.1, 0.15) is 18.5 Å². The number of ether oxygens (including phenoxy) is 1. The molecule has 3 heteroatoms. The molecule has 0 aliphatic heterocycles. The zero-order chi connectivity index (χ0) is 10.4. The van der Waals surface area contributed by atoms with E-state index in [2.05, 4.69) is 12.2 Å². The molecule has 0 radical (unpaired) electrons. The number of hydrogen-bond donors (Lipinski definition) is 1. The van der Waals surface area contributed by atoms with Gasteiger partial charge in [-0.2, -0.15) is 5.26 Å². The second kappa shape index (κ2) is 5.25. The molecule has 1 N–H and O–H groups in total. The van der Waals surface area contributed by atoms with E-state index in [9.17, 15) is 0 Å². The summed E-state index contributed by atoms with van der Waals surface area (Å²) in [4.78, 5) is 0. The summed E-state index contributed by atoms with van der Waals surface area (Å²) < 4.78 is 5.14. The highest BCUT2D eigenvalue weighted by Crippen LogP contribution is 2.16.